The molecular formula is C22H22F5N9. The molecule has 0 radical (unpaired) electrons. The van der Waals surface area contributed by atoms with Gasteiger partial charge in [0.15, 0.2) is 11.3 Å². The number of nitrogens with zero attached hydrogens (tertiary/aromatic N) is 6. The highest BCUT2D eigenvalue weighted by atomic mass is 19.4. The van der Waals surface area contributed by atoms with Crippen LogP contribution >= 0.6 is 0 Å². The van der Waals surface area contributed by atoms with Crippen molar-refractivity contribution in [2.24, 2.45) is 0 Å². The molecule has 190 valence electrons. The monoisotopic (exact) mass is 507 g/mol. The van der Waals surface area contributed by atoms with E-state index < -0.39 is 29.4 Å². The molecule has 1 aliphatic heterocycles. The number of alkyl halides is 5. The van der Waals surface area contributed by atoms with Crippen LogP contribution in [0.25, 0.3) is 5.65 Å². The lowest BCUT2D eigenvalue weighted by molar-refractivity contribution is -0.141. The SMILES string of the molecule is Nc1nc(N2CCC(CNc3cc(C(F)F)nc4cc(C(F)(F)F)nn34)(c3ccccc3)CC2)n[nH]1. The fraction of sp³-hybridized carbons (Fsp3) is 0.364. The van der Waals surface area contributed by atoms with Crippen LogP contribution in [0, 0.1) is 0 Å². The summed E-state index contributed by atoms with van der Waals surface area (Å²) in [5.74, 6) is 0.696. The lowest BCUT2D eigenvalue weighted by Crippen LogP contribution is -2.47. The normalized spacial score (nSPS) is 16.1. The third kappa shape index (κ3) is 4.50. The minimum atomic E-state index is -4.74. The highest BCUT2D eigenvalue weighted by Crippen LogP contribution is 2.37. The van der Waals surface area contributed by atoms with Gasteiger partial charge >= 0.3 is 6.18 Å². The second kappa shape index (κ2) is 8.91. The van der Waals surface area contributed by atoms with Crippen molar-refractivity contribution < 1.29 is 22.0 Å². The number of nitrogen functional groups attached to an aromatic ring is 1. The van der Waals surface area contributed by atoms with Gasteiger partial charge in [-0.2, -0.15) is 27.8 Å². The van der Waals surface area contributed by atoms with E-state index in [4.69, 9.17) is 5.73 Å². The standard InChI is InChI=1S/C22H22F5N9/c23-18(24)14-10-16(36-17(30-14)11-15(34-36)22(25,26)27)29-12-21(13-4-2-1-3-5-13)6-8-35(9-7-21)20-31-19(28)32-33-20/h1-5,10-11,18,29H,6-9,12H2,(H3,28,31,32,33). The molecule has 1 aliphatic rings. The minimum absolute atomic E-state index is 0.00489. The van der Waals surface area contributed by atoms with E-state index in [0.717, 1.165) is 16.1 Å². The molecule has 1 saturated heterocycles. The molecule has 4 heterocycles. The maximum atomic E-state index is 13.5. The summed E-state index contributed by atoms with van der Waals surface area (Å²) in [6.07, 6.45) is -6.42. The van der Waals surface area contributed by atoms with Crippen LogP contribution in [0.15, 0.2) is 42.5 Å². The first-order valence-electron chi connectivity index (χ1n) is 11.1. The first-order chi connectivity index (χ1) is 17.1. The van der Waals surface area contributed by atoms with Crippen molar-refractivity contribution in [3.63, 3.8) is 0 Å². The molecule has 9 nitrogen and oxygen atoms in total. The Morgan fingerprint density at radius 1 is 1.08 bits per heavy atom. The van der Waals surface area contributed by atoms with E-state index in [1.165, 1.54) is 0 Å². The number of nitrogens with one attached hydrogen (secondary N) is 2. The number of anilines is 3. The second-order valence-corrected chi connectivity index (χ2v) is 8.67. The number of hydrogen-bond acceptors (Lipinski definition) is 7. The predicted molar refractivity (Wildman–Crippen MR) is 122 cm³/mol. The van der Waals surface area contributed by atoms with Crippen LogP contribution in [0.4, 0.5) is 39.7 Å². The van der Waals surface area contributed by atoms with Crippen LogP contribution in [0.2, 0.25) is 0 Å². The van der Waals surface area contributed by atoms with Crippen LogP contribution in [0.5, 0.6) is 0 Å². The summed E-state index contributed by atoms with van der Waals surface area (Å²) in [4.78, 5) is 9.82. The molecule has 3 aromatic heterocycles. The maximum Gasteiger partial charge on any atom is 0.435 e. The fourth-order valence-corrected chi connectivity index (χ4v) is 4.53. The molecule has 0 aliphatic carbocycles. The van der Waals surface area contributed by atoms with Crippen LogP contribution in [0.3, 0.4) is 0 Å². The van der Waals surface area contributed by atoms with Gasteiger partial charge in [0.25, 0.3) is 6.43 Å². The smallest absolute Gasteiger partial charge is 0.369 e. The van der Waals surface area contributed by atoms with Crippen molar-refractivity contribution in [3.8, 4) is 0 Å². The van der Waals surface area contributed by atoms with Gasteiger partial charge in [0.2, 0.25) is 11.9 Å². The van der Waals surface area contributed by atoms with Gasteiger partial charge in [0.1, 0.15) is 11.5 Å². The van der Waals surface area contributed by atoms with Crippen LogP contribution in [-0.2, 0) is 11.6 Å². The summed E-state index contributed by atoms with van der Waals surface area (Å²) < 4.78 is 67.7. The Bertz CT molecular complexity index is 1340. The maximum absolute atomic E-state index is 13.5. The van der Waals surface area contributed by atoms with Crippen LogP contribution in [-0.4, -0.2) is 49.4 Å². The van der Waals surface area contributed by atoms with Gasteiger partial charge in [0, 0.05) is 37.2 Å². The van der Waals surface area contributed by atoms with Gasteiger partial charge in [-0.3, -0.25) is 0 Å². The molecule has 0 spiro atoms. The van der Waals surface area contributed by atoms with Crippen LogP contribution < -0.4 is 16.0 Å². The molecule has 4 N–H and O–H groups in total. The summed E-state index contributed by atoms with van der Waals surface area (Å²) in [5.41, 5.74) is 4.06. The van der Waals surface area contributed by atoms with Crippen molar-refractivity contribution in [2.75, 3.05) is 35.6 Å². The van der Waals surface area contributed by atoms with Crippen molar-refractivity contribution in [3.05, 3.63) is 59.4 Å². The first-order valence-corrected chi connectivity index (χ1v) is 11.1. The number of aromatic amines is 1. The number of hydrogen-bond donors (Lipinski definition) is 3. The predicted octanol–water partition coefficient (Wildman–Crippen LogP) is 4.04. The molecule has 5 rings (SSSR count). The summed E-state index contributed by atoms with van der Waals surface area (Å²) in [7, 11) is 0. The Morgan fingerprint density at radius 3 is 2.42 bits per heavy atom. The van der Waals surface area contributed by atoms with Crippen molar-refractivity contribution in [2.45, 2.75) is 30.9 Å². The number of rotatable bonds is 6. The lowest BCUT2D eigenvalue weighted by atomic mass is 9.72. The highest BCUT2D eigenvalue weighted by molar-refractivity contribution is 5.52. The molecule has 1 aromatic carbocycles. The second-order valence-electron chi connectivity index (χ2n) is 8.67. The summed E-state index contributed by atoms with van der Waals surface area (Å²) in [6, 6.07) is 11.3. The van der Waals surface area contributed by atoms with Gasteiger partial charge < -0.3 is 16.0 Å². The summed E-state index contributed by atoms with van der Waals surface area (Å²) >= 11 is 0. The molecule has 14 heteroatoms. The quantitative estimate of drug-likeness (QED) is 0.338. The Kier molecular flexibility index (Phi) is 5.88. The molecule has 0 atom stereocenters. The lowest BCUT2D eigenvalue weighted by Gasteiger charge is -2.42. The summed E-state index contributed by atoms with van der Waals surface area (Å²) in [6.45, 7) is 1.44. The number of H-pyrrole nitrogens is 1. The summed E-state index contributed by atoms with van der Waals surface area (Å²) in [5, 5.41) is 13.4. The Hall–Kier alpha value is -3.97. The number of halogens is 5. The number of fused-ring (bicyclic) bond motifs is 1. The zero-order chi connectivity index (χ0) is 25.5. The molecule has 0 bridgehead atoms. The van der Waals surface area contributed by atoms with Gasteiger partial charge in [0.05, 0.1) is 0 Å². The van der Waals surface area contributed by atoms with Gasteiger partial charge in [-0.15, -0.1) is 5.10 Å². The topological polar surface area (TPSA) is 113 Å². The Labute approximate surface area is 201 Å². The number of piperidine rings is 1. The van der Waals surface area contributed by atoms with E-state index in [-0.39, 0.29) is 24.0 Å². The van der Waals surface area contributed by atoms with Crippen molar-refractivity contribution in [1.29, 1.82) is 0 Å². The van der Waals surface area contributed by atoms with E-state index in [1.807, 2.05) is 35.2 Å². The third-order valence-electron chi connectivity index (χ3n) is 6.45. The minimum Gasteiger partial charge on any atom is -0.369 e. The van der Waals surface area contributed by atoms with E-state index >= 15 is 0 Å². The van der Waals surface area contributed by atoms with Gasteiger partial charge in [-0.05, 0) is 18.4 Å². The zero-order valence-electron chi connectivity index (χ0n) is 18.8. The van der Waals surface area contributed by atoms with Crippen LogP contribution in [0.1, 0.15) is 36.2 Å². The van der Waals surface area contributed by atoms with E-state index in [1.54, 1.807) is 0 Å². The highest BCUT2D eigenvalue weighted by Gasteiger charge is 2.38. The zero-order valence-corrected chi connectivity index (χ0v) is 18.8. The molecular weight excluding hydrogens is 485 g/mol. The molecule has 4 aromatic rings. The Morgan fingerprint density at radius 2 is 1.81 bits per heavy atom. The average Bonchev–Trinajstić information content (AvgIpc) is 3.50. The average molecular weight is 507 g/mol. The first kappa shape index (κ1) is 23.8. The fourth-order valence-electron chi connectivity index (χ4n) is 4.53. The number of benzene rings is 1. The molecule has 36 heavy (non-hydrogen) atoms. The van der Waals surface area contributed by atoms with E-state index in [9.17, 15) is 22.0 Å². The van der Waals surface area contributed by atoms with Gasteiger partial charge in [-0.1, -0.05) is 30.3 Å². The van der Waals surface area contributed by atoms with Crippen molar-refractivity contribution >= 4 is 23.4 Å². The van der Waals surface area contributed by atoms with Crippen molar-refractivity contribution in [1.82, 2.24) is 29.8 Å². The van der Waals surface area contributed by atoms with Gasteiger partial charge in [-0.25, -0.2) is 18.9 Å². The van der Waals surface area contributed by atoms with E-state index in [2.05, 4.69) is 30.6 Å². The molecule has 1 fully saturated rings. The van der Waals surface area contributed by atoms with E-state index in [0.29, 0.717) is 37.9 Å². The molecule has 0 saturated carbocycles. The third-order valence-corrected chi connectivity index (χ3v) is 6.45. The Balaban J connectivity index is 1.46. The largest absolute Gasteiger partial charge is 0.435 e. The number of nitrogens with two attached hydrogens (primary N) is 1. The number of aromatic nitrogens is 6. The molecule has 0 amide bonds. The molecule has 0 unspecified atom stereocenters.